The number of Topliss-reactive ketones (excluding diaryl/α,β-unsaturated/α-hetero) is 1. The fourth-order valence-corrected chi connectivity index (χ4v) is 2.88. The fourth-order valence-electron chi connectivity index (χ4n) is 2.70. The van der Waals surface area contributed by atoms with Gasteiger partial charge in [-0.1, -0.05) is 18.0 Å². The monoisotopic (exact) mass is 297 g/mol. The van der Waals surface area contributed by atoms with Crippen molar-refractivity contribution in [2.24, 2.45) is 0 Å². The summed E-state index contributed by atoms with van der Waals surface area (Å²) in [5.74, 6) is -0.264. The van der Waals surface area contributed by atoms with E-state index in [1.807, 2.05) is 13.8 Å². The number of nitrogens with zero attached hydrogens (tertiary/aromatic N) is 1. The lowest BCUT2D eigenvalue weighted by Gasteiger charge is -2.39. The van der Waals surface area contributed by atoms with Crippen molar-refractivity contribution in [3.8, 4) is 0 Å². The van der Waals surface area contributed by atoms with E-state index in [0.29, 0.717) is 10.6 Å². The van der Waals surface area contributed by atoms with Gasteiger partial charge >= 0.3 is 0 Å². The van der Waals surface area contributed by atoms with Gasteiger partial charge < -0.3 is 0 Å². The number of carbonyl (C=O) groups excluding carboxylic acids is 1. The Morgan fingerprint density at radius 2 is 1.95 bits per heavy atom. The number of rotatable bonds is 4. The maximum atomic E-state index is 13.3. The Morgan fingerprint density at radius 1 is 1.30 bits per heavy atom. The minimum Gasteiger partial charge on any atom is -0.297 e. The quantitative estimate of drug-likeness (QED) is 0.841. The van der Waals surface area contributed by atoms with Gasteiger partial charge in [-0.15, -0.1) is 0 Å². The first-order valence-corrected chi connectivity index (χ1v) is 7.51. The van der Waals surface area contributed by atoms with Gasteiger partial charge in [0.05, 0.1) is 5.54 Å². The molecule has 0 saturated carbocycles. The molecule has 4 heteroatoms. The number of halogens is 2. The van der Waals surface area contributed by atoms with E-state index < -0.39 is 5.54 Å². The summed E-state index contributed by atoms with van der Waals surface area (Å²) in [4.78, 5) is 14.8. The van der Waals surface area contributed by atoms with Crippen LogP contribution in [0.15, 0.2) is 18.2 Å². The standard InChI is InChI=1S/C16H21ClFNO/c1-16(2,19-8-4-3-5-9-19)15(20)11-12-10-13(18)6-7-14(12)17/h6-7,10H,3-5,8-9,11H2,1-2H3. The van der Waals surface area contributed by atoms with E-state index in [9.17, 15) is 9.18 Å². The van der Waals surface area contributed by atoms with Gasteiger partial charge in [0.1, 0.15) is 5.82 Å². The van der Waals surface area contributed by atoms with Crippen molar-refractivity contribution in [1.82, 2.24) is 4.90 Å². The molecule has 20 heavy (non-hydrogen) atoms. The van der Waals surface area contributed by atoms with Crippen molar-refractivity contribution in [2.75, 3.05) is 13.1 Å². The molecule has 1 aliphatic rings. The molecule has 2 rings (SSSR count). The second-order valence-electron chi connectivity index (χ2n) is 5.94. The molecule has 0 amide bonds. The van der Waals surface area contributed by atoms with Gasteiger partial charge in [-0.25, -0.2) is 4.39 Å². The second-order valence-corrected chi connectivity index (χ2v) is 6.35. The Balaban J connectivity index is 2.11. The van der Waals surface area contributed by atoms with Crippen molar-refractivity contribution in [1.29, 1.82) is 0 Å². The summed E-state index contributed by atoms with van der Waals surface area (Å²) >= 11 is 6.04. The van der Waals surface area contributed by atoms with Crippen molar-refractivity contribution in [2.45, 2.75) is 45.1 Å². The second kappa shape index (κ2) is 6.23. The molecule has 0 unspecified atom stereocenters. The number of hydrogen-bond donors (Lipinski definition) is 0. The third-order valence-corrected chi connectivity index (χ3v) is 4.56. The molecule has 0 N–H and O–H groups in total. The zero-order valence-corrected chi connectivity index (χ0v) is 12.8. The summed E-state index contributed by atoms with van der Waals surface area (Å²) in [5.41, 5.74) is 0.0533. The minimum atomic E-state index is -0.518. The lowest BCUT2D eigenvalue weighted by Crippen LogP contribution is -2.52. The Morgan fingerprint density at radius 3 is 2.60 bits per heavy atom. The number of ketones is 1. The zero-order chi connectivity index (χ0) is 14.8. The number of piperidine rings is 1. The van der Waals surface area contributed by atoms with E-state index in [0.717, 1.165) is 25.9 Å². The average Bonchev–Trinajstić information content (AvgIpc) is 2.43. The van der Waals surface area contributed by atoms with Crippen molar-refractivity contribution in [3.63, 3.8) is 0 Å². The molecule has 0 spiro atoms. The first-order chi connectivity index (χ1) is 9.41. The van der Waals surface area contributed by atoms with Crippen LogP contribution in [0, 0.1) is 5.82 Å². The van der Waals surface area contributed by atoms with Crippen LogP contribution < -0.4 is 0 Å². The van der Waals surface area contributed by atoms with Gasteiger partial charge in [0.25, 0.3) is 0 Å². The predicted molar refractivity (Wildman–Crippen MR) is 79.6 cm³/mol. The first kappa shape index (κ1) is 15.5. The first-order valence-electron chi connectivity index (χ1n) is 7.13. The van der Waals surface area contributed by atoms with Crippen molar-refractivity contribution < 1.29 is 9.18 Å². The Hall–Kier alpha value is -0.930. The summed E-state index contributed by atoms with van der Waals surface area (Å²) in [6.45, 7) is 5.81. The van der Waals surface area contributed by atoms with Crippen LogP contribution in [-0.2, 0) is 11.2 Å². The van der Waals surface area contributed by atoms with Gasteiger partial charge in [-0.05, 0) is 63.5 Å². The van der Waals surface area contributed by atoms with Crippen LogP contribution in [-0.4, -0.2) is 29.3 Å². The van der Waals surface area contributed by atoms with Gasteiger partial charge in [0.15, 0.2) is 5.78 Å². The van der Waals surface area contributed by atoms with Gasteiger partial charge in [0.2, 0.25) is 0 Å². The minimum absolute atomic E-state index is 0.0897. The SMILES string of the molecule is CC(C)(C(=O)Cc1cc(F)ccc1Cl)N1CCCCC1. The highest BCUT2D eigenvalue weighted by molar-refractivity contribution is 6.31. The lowest BCUT2D eigenvalue weighted by molar-refractivity contribution is -0.129. The molecule has 1 fully saturated rings. The topological polar surface area (TPSA) is 20.3 Å². The maximum Gasteiger partial charge on any atom is 0.156 e. The van der Waals surface area contributed by atoms with Gasteiger partial charge in [-0.3, -0.25) is 9.69 Å². The summed E-state index contributed by atoms with van der Waals surface area (Å²) in [7, 11) is 0. The molecule has 0 radical (unpaired) electrons. The van der Waals surface area contributed by atoms with Crippen molar-refractivity contribution >= 4 is 17.4 Å². The highest BCUT2D eigenvalue weighted by Gasteiger charge is 2.34. The zero-order valence-electron chi connectivity index (χ0n) is 12.1. The predicted octanol–water partition coefficient (Wildman–Crippen LogP) is 3.86. The van der Waals surface area contributed by atoms with Crippen LogP contribution in [0.25, 0.3) is 0 Å². The van der Waals surface area contributed by atoms with E-state index in [1.165, 1.54) is 24.6 Å². The van der Waals surface area contributed by atoms with Crippen LogP contribution in [0.3, 0.4) is 0 Å². The average molecular weight is 298 g/mol. The third kappa shape index (κ3) is 3.39. The third-order valence-electron chi connectivity index (χ3n) is 4.19. The van der Waals surface area contributed by atoms with Gasteiger partial charge in [-0.2, -0.15) is 0 Å². The molecule has 0 atom stereocenters. The molecule has 2 nitrogen and oxygen atoms in total. The van der Waals surface area contributed by atoms with Crippen molar-refractivity contribution in [3.05, 3.63) is 34.6 Å². The van der Waals surface area contributed by atoms with Crippen LogP contribution in [0.4, 0.5) is 4.39 Å². The largest absolute Gasteiger partial charge is 0.297 e. The fraction of sp³-hybridized carbons (Fsp3) is 0.562. The van der Waals surface area contributed by atoms with Crippen LogP contribution in [0.5, 0.6) is 0 Å². The smallest absolute Gasteiger partial charge is 0.156 e. The van der Waals surface area contributed by atoms with Gasteiger partial charge in [0, 0.05) is 11.4 Å². The molecule has 1 aliphatic heterocycles. The molecule has 0 aromatic heterocycles. The molecule has 0 bridgehead atoms. The Bertz CT molecular complexity index is 495. The maximum absolute atomic E-state index is 13.3. The highest BCUT2D eigenvalue weighted by atomic mass is 35.5. The van der Waals surface area contributed by atoms with Crippen LogP contribution in [0.1, 0.15) is 38.7 Å². The number of likely N-dealkylation sites (tertiary alicyclic amines) is 1. The highest BCUT2D eigenvalue weighted by Crippen LogP contribution is 2.25. The summed E-state index contributed by atoms with van der Waals surface area (Å²) < 4.78 is 13.3. The Labute approximate surface area is 124 Å². The molecular weight excluding hydrogens is 277 g/mol. The molecule has 1 heterocycles. The molecular formula is C16H21ClFNO. The molecule has 0 aliphatic carbocycles. The molecule has 1 saturated heterocycles. The summed E-state index contributed by atoms with van der Waals surface area (Å²) in [5, 5.41) is 0.453. The lowest BCUT2D eigenvalue weighted by atomic mass is 9.90. The number of hydrogen-bond acceptors (Lipinski definition) is 2. The van der Waals surface area contributed by atoms with E-state index in [4.69, 9.17) is 11.6 Å². The number of benzene rings is 1. The Kier molecular flexibility index (Phi) is 4.82. The summed E-state index contributed by atoms with van der Waals surface area (Å²) in [6, 6.07) is 4.17. The van der Waals surface area contributed by atoms with E-state index >= 15 is 0 Å². The molecule has 110 valence electrons. The normalized spacial score (nSPS) is 17.2. The number of carbonyl (C=O) groups is 1. The van der Waals surface area contributed by atoms with Crippen LogP contribution >= 0.6 is 11.6 Å². The molecule has 1 aromatic carbocycles. The summed E-state index contributed by atoms with van der Waals surface area (Å²) in [6.07, 6.45) is 3.69. The van der Waals surface area contributed by atoms with E-state index in [1.54, 1.807) is 0 Å². The molecule has 1 aromatic rings. The van der Waals surface area contributed by atoms with E-state index in [-0.39, 0.29) is 18.0 Å². The van der Waals surface area contributed by atoms with E-state index in [2.05, 4.69) is 4.90 Å². The van der Waals surface area contributed by atoms with Crippen LogP contribution in [0.2, 0.25) is 5.02 Å².